The number of rotatable bonds is 12. The van der Waals surface area contributed by atoms with Crippen LogP contribution in [0.15, 0.2) is 77.7 Å². The van der Waals surface area contributed by atoms with Crippen LogP contribution in [0.5, 0.6) is 5.75 Å². The van der Waals surface area contributed by atoms with Crippen molar-refractivity contribution in [3.05, 3.63) is 88.9 Å². The largest absolute Gasteiger partial charge is 0.495 e. The van der Waals surface area contributed by atoms with Crippen LogP contribution in [0.25, 0.3) is 0 Å². The zero-order valence-corrected chi connectivity index (χ0v) is 26.5. The number of hydrogen-bond acceptors (Lipinski definition) is 5. The molecule has 1 N–H and O–H groups in total. The standard InChI is InChI=1S/C33H40ClN3O5S/c1-4-29(33(39)35-26-13-6-5-7-14-26)36(22-25-12-8-9-15-28(25)34)32(38)23-37(30-16-10-11-17-31(30)42-3)43(40,41)27-20-18-24(2)19-21-27/h8-12,15-21,26,29H,4-7,13-14,22-23H2,1-3H3,(H,35,39)/t29-/m0/s1. The molecule has 2 amide bonds. The molecule has 1 aliphatic carbocycles. The molecular weight excluding hydrogens is 586 g/mol. The van der Waals surface area contributed by atoms with Gasteiger partial charge < -0.3 is 15.0 Å². The number of methoxy groups -OCH3 is 1. The van der Waals surface area contributed by atoms with Gasteiger partial charge in [0.05, 0.1) is 17.7 Å². The minimum absolute atomic E-state index is 0.0385. The number of sulfonamides is 1. The third-order valence-electron chi connectivity index (χ3n) is 7.88. The summed E-state index contributed by atoms with van der Waals surface area (Å²) in [6, 6.07) is 19.5. The van der Waals surface area contributed by atoms with E-state index < -0.39 is 28.5 Å². The summed E-state index contributed by atoms with van der Waals surface area (Å²) < 4.78 is 34.8. The highest BCUT2D eigenvalue weighted by Crippen LogP contribution is 2.33. The number of aryl methyl sites for hydroxylation is 1. The number of carbonyl (C=O) groups excluding carboxylic acids is 2. The fourth-order valence-corrected chi connectivity index (χ4v) is 7.08. The summed E-state index contributed by atoms with van der Waals surface area (Å²) in [5.74, 6) is -0.488. The van der Waals surface area contributed by atoms with Crippen LogP contribution in [0.2, 0.25) is 5.02 Å². The molecule has 3 aromatic carbocycles. The van der Waals surface area contributed by atoms with Crippen LogP contribution in [-0.2, 0) is 26.2 Å². The number of carbonyl (C=O) groups is 2. The van der Waals surface area contributed by atoms with Crippen molar-refractivity contribution >= 4 is 39.1 Å². The molecule has 0 spiro atoms. The van der Waals surface area contributed by atoms with Gasteiger partial charge in [0.15, 0.2) is 0 Å². The molecular formula is C33H40ClN3O5S. The van der Waals surface area contributed by atoms with E-state index in [1.54, 1.807) is 54.6 Å². The zero-order valence-electron chi connectivity index (χ0n) is 25.0. The fraction of sp³-hybridized carbons (Fsp3) is 0.394. The average Bonchev–Trinajstić information content (AvgIpc) is 3.01. The third-order valence-corrected chi connectivity index (χ3v) is 10.0. The van der Waals surface area contributed by atoms with Crippen LogP contribution in [0.3, 0.4) is 0 Å². The van der Waals surface area contributed by atoms with Gasteiger partial charge in [-0.2, -0.15) is 0 Å². The summed E-state index contributed by atoms with van der Waals surface area (Å²) >= 11 is 6.50. The van der Waals surface area contributed by atoms with Crippen molar-refractivity contribution in [1.29, 1.82) is 0 Å². The number of amides is 2. The summed E-state index contributed by atoms with van der Waals surface area (Å²) in [5.41, 5.74) is 1.78. The highest BCUT2D eigenvalue weighted by molar-refractivity contribution is 7.92. The predicted molar refractivity (Wildman–Crippen MR) is 170 cm³/mol. The summed E-state index contributed by atoms with van der Waals surface area (Å²) in [5, 5.41) is 3.61. The predicted octanol–water partition coefficient (Wildman–Crippen LogP) is 6.11. The van der Waals surface area contributed by atoms with E-state index in [1.165, 1.54) is 24.1 Å². The molecule has 8 nitrogen and oxygen atoms in total. The highest BCUT2D eigenvalue weighted by atomic mass is 35.5. The Morgan fingerprint density at radius 1 is 0.977 bits per heavy atom. The number of nitrogens with one attached hydrogen (secondary N) is 1. The van der Waals surface area contributed by atoms with Gasteiger partial charge in [-0.15, -0.1) is 0 Å². The Hall–Kier alpha value is -3.56. The molecule has 1 atom stereocenters. The van der Waals surface area contributed by atoms with Crippen LogP contribution in [0.1, 0.15) is 56.6 Å². The molecule has 0 radical (unpaired) electrons. The van der Waals surface area contributed by atoms with Crippen molar-refractivity contribution < 1.29 is 22.7 Å². The van der Waals surface area contributed by atoms with Gasteiger partial charge in [0, 0.05) is 17.6 Å². The lowest BCUT2D eigenvalue weighted by atomic mass is 9.95. The van der Waals surface area contributed by atoms with Gasteiger partial charge in [0.1, 0.15) is 18.3 Å². The molecule has 0 heterocycles. The Balaban J connectivity index is 1.74. The SMILES string of the molecule is CC[C@@H](C(=O)NC1CCCCC1)N(Cc1ccccc1Cl)C(=O)CN(c1ccccc1OC)S(=O)(=O)c1ccc(C)cc1. The molecule has 0 bridgehead atoms. The minimum Gasteiger partial charge on any atom is -0.495 e. The second-order valence-corrected chi connectivity index (χ2v) is 13.1. The third kappa shape index (κ3) is 7.89. The molecule has 1 aliphatic rings. The highest BCUT2D eigenvalue weighted by Gasteiger charge is 2.35. The van der Waals surface area contributed by atoms with Gasteiger partial charge in [-0.1, -0.05) is 85.8 Å². The monoisotopic (exact) mass is 625 g/mol. The second-order valence-electron chi connectivity index (χ2n) is 10.9. The first-order valence-corrected chi connectivity index (χ1v) is 16.5. The molecule has 230 valence electrons. The van der Waals surface area contributed by atoms with E-state index in [0.717, 1.165) is 42.0 Å². The zero-order chi connectivity index (χ0) is 31.0. The molecule has 1 saturated carbocycles. The Kier molecular flexibility index (Phi) is 11.1. The lowest BCUT2D eigenvalue weighted by molar-refractivity contribution is -0.140. The molecule has 0 aromatic heterocycles. The Labute approximate surface area is 260 Å². The fourth-order valence-electron chi connectivity index (χ4n) is 5.46. The average molecular weight is 626 g/mol. The lowest BCUT2D eigenvalue weighted by Crippen LogP contribution is -2.54. The topological polar surface area (TPSA) is 96.0 Å². The van der Waals surface area contributed by atoms with E-state index in [4.69, 9.17) is 16.3 Å². The summed E-state index contributed by atoms with van der Waals surface area (Å²) in [6.07, 6.45) is 5.39. The maximum atomic E-state index is 14.3. The molecule has 4 rings (SSSR count). The van der Waals surface area contributed by atoms with E-state index in [0.29, 0.717) is 22.8 Å². The van der Waals surface area contributed by atoms with Crippen LogP contribution < -0.4 is 14.4 Å². The van der Waals surface area contributed by atoms with E-state index in [9.17, 15) is 18.0 Å². The number of nitrogens with zero attached hydrogens (tertiary/aromatic N) is 2. The van der Waals surface area contributed by atoms with E-state index in [1.807, 2.05) is 19.9 Å². The quantitative estimate of drug-likeness (QED) is 0.262. The number of benzene rings is 3. The molecule has 10 heteroatoms. The number of para-hydroxylation sites is 2. The Morgan fingerprint density at radius 3 is 2.28 bits per heavy atom. The van der Waals surface area contributed by atoms with Crippen LogP contribution in [0, 0.1) is 6.92 Å². The maximum absolute atomic E-state index is 14.3. The number of anilines is 1. The normalized spacial score (nSPS) is 14.5. The first kappa shape index (κ1) is 32.4. The first-order chi connectivity index (χ1) is 20.6. The first-order valence-electron chi connectivity index (χ1n) is 14.7. The molecule has 43 heavy (non-hydrogen) atoms. The maximum Gasteiger partial charge on any atom is 0.264 e. The van der Waals surface area contributed by atoms with Gasteiger partial charge in [-0.05, 0) is 62.1 Å². The molecule has 0 saturated heterocycles. The van der Waals surface area contributed by atoms with E-state index >= 15 is 0 Å². The summed E-state index contributed by atoms with van der Waals surface area (Å²) in [7, 11) is -2.76. The Morgan fingerprint density at radius 2 is 1.63 bits per heavy atom. The van der Waals surface area contributed by atoms with Gasteiger partial charge in [-0.3, -0.25) is 13.9 Å². The van der Waals surface area contributed by atoms with Gasteiger partial charge in [0.2, 0.25) is 11.8 Å². The molecule has 1 fully saturated rings. The molecule has 0 unspecified atom stereocenters. The van der Waals surface area contributed by atoms with Crippen molar-refractivity contribution in [1.82, 2.24) is 10.2 Å². The van der Waals surface area contributed by atoms with Crippen LogP contribution >= 0.6 is 11.6 Å². The summed E-state index contributed by atoms with van der Waals surface area (Å²) in [6.45, 7) is 3.21. The molecule has 0 aliphatic heterocycles. The number of halogens is 1. The lowest BCUT2D eigenvalue weighted by Gasteiger charge is -2.34. The van der Waals surface area contributed by atoms with E-state index in [2.05, 4.69) is 5.32 Å². The second kappa shape index (κ2) is 14.8. The van der Waals surface area contributed by atoms with Crippen molar-refractivity contribution in [2.45, 2.75) is 75.9 Å². The van der Waals surface area contributed by atoms with Crippen molar-refractivity contribution in [2.75, 3.05) is 18.0 Å². The van der Waals surface area contributed by atoms with E-state index in [-0.39, 0.29) is 29.1 Å². The number of hydrogen-bond donors (Lipinski definition) is 1. The smallest absolute Gasteiger partial charge is 0.264 e. The van der Waals surface area contributed by atoms with Gasteiger partial charge >= 0.3 is 0 Å². The summed E-state index contributed by atoms with van der Waals surface area (Å²) in [4.78, 5) is 29.5. The Bertz CT molecular complexity index is 1510. The van der Waals surface area contributed by atoms with Gasteiger partial charge in [-0.25, -0.2) is 8.42 Å². The number of ether oxygens (including phenoxy) is 1. The van der Waals surface area contributed by atoms with Crippen LogP contribution in [0.4, 0.5) is 5.69 Å². The van der Waals surface area contributed by atoms with Crippen LogP contribution in [-0.4, -0.2) is 50.9 Å². The minimum atomic E-state index is -4.21. The molecule has 3 aromatic rings. The van der Waals surface area contributed by atoms with Crippen molar-refractivity contribution in [2.24, 2.45) is 0 Å². The van der Waals surface area contributed by atoms with Gasteiger partial charge in [0.25, 0.3) is 10.0 Å². The van der Waals surface area contributed by atoms with Crippen molar-refractivity contribution in [3.63, 3.8) is 0 Å². The van der Waals surface area contributed by atoms with Crippen molar-refractivity contribution in [3.8, 4) is 5.75 Å².